The number of aryl methyl sites for hydroxylation is 1. The van der Waals surface area contributed by atoms with Gasteiger partial charge in [0.1, 0.15) is 17.2 Å². The average Bonchev–Trinajstić information content (AvgIpc) is 3.14. The summed E-state index contributed by atoms with van der Waals surface area (Å²) < 4.78 is 4.09. The summed E-state index contributed by atoms with van der Waals surface area (Å²) >= 11 is 0.976. The van der Waals surface area contributed by atoms with Crippen LogP contribution in [-0.2, 0) is 9.59 Å². The fourth-order valence-electron chi connectivity index (χ4n) is 3.60. The van der Waals surface area contributed by atoms with Crippen LogP contribution in [0.5, 0.6) is 0 Å². The maximum Gasteiger partial charge on any atom is 0.253 e. The Labute approximate surface area is 182 Å². The molecule has 0 aliphatic heterocycles. The summed E-state index contributed by atoms with van der Waals surface area (Å²) in [6.07, 6.45) is 7.77. The van der Waals surface area contributed by atoms with Gasteiger partial charge in [0.15, 0.2) is 10.8 Å². The molecule has 0 fully saturated rings. The van der Waals surface area contributed by atoms with E-state index in [2.05, 4.69) is 19.9 Å². The molecule has 2 aromatic rings. The number of nitrogens with zero attached hydrogens (tertiary/aromatic N) is 3. The molecule has 0 saturated heterocycles. The van der Waals surface area contributed by atoms with Crippen molar-refractivity contribution in [3.05, 3.63) is 77.2 Å². The smallest absolute Gasteiger partial charge is 0.253 e. The Kier molecular flexibility index (Phi) is 5.68. The van der Waals surface area contributed by atoms with Crippen LogP contribution in [0.3, 0.4) is 0 Å². The van der Waals surface area contributed by atoms with Crippen LogP contribution in [0.4, 0.5) is 10.7 Å². The lowest BCUT2D eigenvalue weighted by molar-refractivity contribution is -0.130. The maximum absolute atomic E-state index is 13.2. The number of anilines is 1. The van der Waals surface area contributed by atoms with Gasteiger partial charge < -0.3 is 11.1 Å². The summed E-state index contributed by atoms with van der Waals surface area (Å²) in [5.74, 6) is -2.51. The number of amides is 2. The Morgan fingerprint density at radius 1 is 1.19 bits per heavy atom. The lowest BCUT2D eigenvalue weighted by atomic mass is 9.76. The number of benzene rings is 1. The molecule has 4 rings (SSSR count). The van der Waals surface area contributed by atoms with Crippen molar-refractivity contribution in [3.63, 3.8) is 0 Å². The number of nitrogens with two attached hydrogens (primary N) is 1. The predicted octanol–water partition coefficient (Wildman–Crippen LogP) is 3.86. The number of allylic oxidation sites excluding steroid dienone is 6. The first-order chi connectivity index (χ1) is 15.0. The van der Waals surface area contributed by atoms with Gasteiger partial charge >= 0.3 is 0 Å². The van der Waals surface area contributed by atoms with Crippen LogP contribution in [0, 0.1) is 18.8 Å². The largest absolute Gasteiger partial charge is 0.365 e. The van der Waals surface area contributed by atoms with E-state index in [1.54, 1.807) is 37.3 Å². The van der Waals surface area contributed by atoms with Gasteiger partial charge in [0.2, 0.25) is 5.91 Å². The van der Waals surface area contributed by atoms with Crippen molar-refractivity contribution in [2.75, 3.05) is 5.32 Å². The molecule has 0 saturated carbocycles. The van der Waals surface area contributed by atoms with Crippen LogP contribution in [-0.4, -0.2) is 22.0 Å². The summed E-state index contributed by atoms with van der Waals surface area (Å²) in [6.45, 7) is 1.65. The number of ketones is 1. The number of primary amides is 1. The van der Waals surface area contributed by atoms with Gasteiger partial charge in [-0.3, -0.25) is 14.4 Å². The van der Waals surface area contributed by atoms with E-state index in [1.165, 1.54) is 0 Å². The van der Waals surface area contributed by atoms with Gasteiger partial charge in [-0.05, 0) is 42.6 Å². The van der Waals surface area contributed by atoms with E-state index in [0.717, 1.165) is 11.5 Å². The molecular weight excluding hydrogens is 414 g/mol. The highest BCUT2D eigenvalue weighted by Crippen LogP contribution is 2.37. The molecule has 2 aliphatic carbocycles. The third-order valence-electron chi connectivity index (χ3n) is 5.13. The molecular formula is C22H19N5O3S. The second-order valence-corrected chi connectivity index (χ2v) is 7.93. The molecule has 2 atom stereocenters. The molecule has 2 aliphatic rings. The number of para-hydroxylation sites is 1. The fraction of sp³-hybridized carbons (Fsp3) is 0.182. The molecule has 156 valence electrons. The van der Waals surface area contributed by atoms with E-state index >= 15 is 0 Å². The molecule has 2 unspecified atom stereocenters. The van der Waals surface area contributed by atoms with Crippen LogP contribution in [0.15, 0.2) is 76.1 Å². The van der Waals surface area contributed by atoms with Crippen LogP contribution >= 0.6 is 11.5 Å². The molecule has 1 heterocycles. The van der Waals surface area contributed by atoms with E-state index < -0.39 is 23.5 Å². The minimum atomic E-state index is -0.905. The highest BCUT2D eigenvalue weighted by molar-refractivity contribution is 7.10. The van der Waals surface area contributed by atoms with Crippen LogP contribution in [0.25, 0.3) is 0 Å². The molecule has 8 nitrogen and oxygen atoms in total. The molecule has 3 N–H and O–H groups in total. The van der Waals surface area contributed by atoms with Crippen molar-refractivity contribution < 1.29 is 14.4 Å². The van der Waals surface area contributed by atoms with Gasteiger partial charge in [-0.1, -0.05) is 42.5 Å². The number of aromatic nitrogens is 1. The first-order valence-electron chi connectivity index (χ1n) is 9.62. The fourth-order valence-corrected chi connectivity index (χ4v) is 4.33. The molecule has 31 heavy (non-hydrogen) atoms. The van der Waals surface area contributed by atoms with Crippen molar-refractivity contribution in [1.82, 2.24) is 4.37 Å². The summed E-state index contributed by atoms with van der Waals surface area (Å²) in [7, 11) is 0. The summed E-state index contributed by atoms with van der Waals surface area (Å²) in [6, 6.07) is 8.97. The lowest BCUT2D eigenvalue weighted by Crippen LogP contribution is -2.36. The van der Waals surface area contributed by atoms with Crippen molar-refractivity contribution >= 4 is 39.8 Å². The SMILES string of the molecule is Cc1nsc(N=NC2=C3C=CC=CC3CC(C(=O)Nc3ccccc3)C2=O)c1C(N)=O. The van der Waals surface area contributed by atoms with Gasteiger partial charge in [0.25, 0.3) is 5.91 Å². The standard InChI is InChI=1S/C22H19N5O3S/c1-12-17(20(23)29)22(31-27-12)26-25-18-15-10-6-5-7-13(15)11-16(19(18)28)21(30)24-14-8-3-2-4-9-14/h2-10,13,16H,11H2,1H3,(H2,23,29)(H,24,30). The first-order valence-corrected chi connectivity index (χ1v) is 10.4. The quantitative estimate of drug-likeness (QED) is 0.548. The van der Waals surface area contributed by atoms with Gasteiger partial charge in [-0.2, -0.15) is 4.37 Å². The first kappa shape index (κ1) is 20.5. The van der Waals surface area contributed by atoms with E-state index in [1.807, 2.05) is 24.3 Å². The number of hydrogen-bond donors (Lipinski definition) is 2. The molecule has 0 radical (unpaired) electrons. The number of nitrogens with one attached hydrogen (secondary N) is 1. The summed E-state index contributed by atoms with van der Waals surface area (Å²) in [5, 5.41) is 11.3. The maximum atomic E-state index is 13.2. The molecule has 0 bridgehead atoms. The van der Waals surface area contributed by atoms with Gasteiger partial charge in [-0.15, -0.1) is 10.2 Å². The summed E-state index contributed by atoms with van der Waals surface area (Å²) in [4.78, 5) is 37.8. The van der Waals surface area contributed by atoms with E-state index in [-0.39, 0.29) is 22.2 Å². The minimum absolute atomic E-state index is 0.103. The highest BCUT2D eigenvalue weighted by Gasteiger charge is 2.39. The monoisotopic (exact) mass is 433 g/mol. The number of fused-ring (bicyclic) bond motifs is 1. The van der Waals surface area contributed by atoms with Crippen LogP contribution < -0.4 is 11.1 Å². The zero-order valence-corrected chi connectivity index (χ0v) is 17.4. The second kappa shape index (κ2) is 8.57. The predicted molar refractivity (Wildman–Crippen MR) is 117 cm³/mol. The zero-order valence-electron chi connectivity index (χ0n) is 16.6. The van der Waals surface area contributed by atoms with E-state index in [9.17, 15) is 14.4 Å². The second-order valence-electron chi connectivity index (χ2n) is 7.17. The minimum Gasteiger partial charge on any atom is -0.365 e. The topological polar surface area (TPSA) is 127 Å². The van der Waals surface area contributed by atoms with Gasteiger partial charge in [-0.25, -0.2) is 0 Å². The molecule has 2 amide bonds. The number of azo groups is 1. The molecule has 1 aromatic heterocycles. The van der Waals surface area contributed by atoms with Crippen molar-refractivity contribution in [2.45, 2.75) is 13.3 Å². The number of rotatable bonds is 5. The number of Topliss-reactive ketones (excluding diaryl/α,β-unsaturated/α-hetero) is 1. The number of carbonyl (C=O) groups is 3. The Hall–Kier alpha value is -3.72. The molecule has 9 heteroatoms. The Morgan fingerprint density at radius 3 is 2.71 bits per heavy atom. The van der Waals surface area contributed by atoms with Crippen LogP contribution in [0.1, 0.15) is 22.5 Å². The highest BCUT2D eigenvalue weighted by atomic mass is 32.1. The third-order valence-corrected chi connectivity index (χ3v) is 5.96. The lowest BCUT2D eigenvalue weighted by Gasteiger charge is -2.28. The number of hydrogen-bond acceptors (Lipinski definition) is 7. The molecule has 0 spiro atoms. The van der Waals surface area contributed by atoms with Crippen LogP contribution in [0.2, 0.25) is 0 Å². The third kappa shape index (κ3) is 4.13. The zero-order chi connectivity index (χ0) is 22.0. The normalized spacial score (nSPS) is 20.2. The van der Waals surface area contributed by atoms with Gasteiger partial charge in [0, 0.05) is 11.6 Å². The van der Waals surface area contributed by atoms with E-state index in [4.69, 9.17) is 5.73 Å². The Morgan fingerprint density at radius 2 is 1.97 bits per heavy atom. The molecule has 1 aromatic carbocycles. The van der Waals surface area contributed by atoms with E-state index in [0.29, 0.717) is 23.4 Å². The average molecular weight is 433 g/mol. The Bertz CT molecular complexity index is 1180. The Balaban J connectivity index is 1.66. The summed E-state index contributed by atoms with van der Waals surface area (Å²) in [5.41, 5.74) is 7.46. The van der Waals surface area contributed by atoms with Crippen molar-refractivity contribution in [2.24, 2.45) is 27.8 Å². The van der Waals surface area contributed by atoms with Gasteiger partial charge in [0.05, 0.1) is 5.69 Å². The van der Waals surface area contributed by atoms with Crippen molar-refractivity contribution in [3.8, 4) is 0 Å². The number of carbonyl (C=O) groups excluding carboxylic acids is 3. The van der Waals surface area contributed by atoms with Crippen molar-refractivity contribution in [1.29, 1.82) is 0 Å².